The maximum Gasteiger partial charge on any atom is 1.00 e. The molecule has 0 atom stereocenters. The van der Waals surface area contributed by atoms with Crippen LogP contribution in [0.3, 0.4) is 0 Å². The van der Waals surface area contributed by atoms with E-state index >= 15 is 0 Å². The molecule has 5 heteroatoms. The van der Waals surface area contributed by atoms with E-state index in [1.54, 1.807) is 0 Å². The quantitative estimate of drug-likeness (QED) is 0.0567. The number of unbranched alkanes of at least 4 members (excludes halogenated alkanes) is 22. The van der Waals surface area contributed by atoms with Gasteiger partial charge in [-0.15, -0.1) is 0 Å². The maximum atomic E-state index is 12.3. The molecule has 0 saturated heterocycles. The summed E-state index contributed by atoms with van der Waals surface area (Å²) in [7, 11) is -4.53. The zero-order chi connectivity index (χ0) is 30.3. The fraction of sp³-hybridized carbons (Fsp3) is 0.737. The van der Waals surface area contributed by atoms with Crippen LogP contribution in [-0.4, -0.2) is 13.0 Å². The van der Waals surface area contributed by atoms with Gasteiger partial charge in [0.05, 0.1) is 4.90 Å². The van der Waals surface area contributed by atoms with Gasteiger partial charge in [-0.2, -0.15) is 0 Å². The standard InChI is InChI=1S/C38H64O3S.Na/c1-3-5-7-9-11-13-15-17-19-21-23-25-27-34-29-32-37-36(33-34)31-30-35(38(37)42(39,40)41)28-26-24-22-20-18-16-14-12-10-8-6-4-2;/h29-33H,3-28H2,1-2H3,(H,39,40,41);/q;+1/p-1. The summed E-state index contributed by atoms with van der Waals surface area (Å²) in [4.78, 5) is 0.0139. The summed E-state index contributed by atoms with van der Waals surface area (Å²) in [6.45, 7) is 4.53. The van der Waals surface area contributed by atoms with Crippen LogP contribution in [0.4, 0.5) is 0 Å². The third-order valence-electron chi connectivity index (χ3n) is 8.99. The average molecular weight is 623 g/mol. The van der Waals surface area contributed by atoms with E-state index in [0.29, 0.717) is 17.4 Å². The van der Waals surface area contributed by atoms with Gasteiger partial charge in [0, 0.05) is 0 Å². The first-order chi connectivity index (χ1) is 20.5. The van der Waals surface area contributed by atoms with Crippen molar-refractivity contribution in [2.24, 2.45) is 0 Å². The molecular formula is C38H63NaO3S. The Bertz CT molecular complexity index is 1070. The zero-order valence-corrected chi connectivity index (χ0v) is 31.2. The topological polar surface area (TPSA) is 57.2 Å². The van der Waals surface area contributed by atoms with Gasteiger partial charge in [-0.05, 0) is 47.6 Å². The molecule has 2 aromatic rings. The molecule has 0 N–H and O–H groups in total. The second-order valence-electron chi connectivity index (χ2n) is 12.8. The van der Waals surface area contributed by atoms with Crippen LogP contribution < -0.4 is 29.6 Å². The average Bonchev–Trinajstić information content (AvgIpc) is 2.97. The minimum Gasteiger partial charge on any atom is -0.744 e. The van der Waals surface area contributed by atoms with Crippen molar-refractivity contribution in [3.63, 3.8) is 0 Å². The molecule has 3 nitrogen and oxygen atoms in total. The molecular weight excluding hydrogens is 559 g/mol. The fourth-order valence-electron chi connectivity index (χ4n) is 6.37. The summed E-state index contributed by atoms with van der Waals surface area (Å²) in [5, 5.41) is 1.47. The molecule has 0 spiro atoms. The molecule has 0 heterocycles. The monoisotopic (exact) mass is 622 g/mol. The van der Waals surface area contributed by atoms with Gasteiger partial charge in [-0.3, -0.25) is 0 Å². The maximum absolute atomic E-state index is 12.3. The minimum atomic E-state index is -4.53. The molecule has 0 aliphatic heterocycles. The molecule has 0 aliphatic rings. The number of benzene rings is 2. The van der Waals surface area contributed by atoms with Crippen molar-refractivity contribution in [3.8, 4) is 0 Å². The van der Waals surface area contributed by atoms with E-state index in [1.807, 2.05) is 24.3 Å². The Morgan fingerprint density at radius 1 is 0.512 bits per heavy atom. The molecule has 2 aromatic carbocycles. The number of hydrogen-bond donors (Lipinski definition) is 0. The van der Waals surface area contributed by atoms with Gasteiger partial charge in [-0.25, -0.2) is 8.42 Å². The Kier molecular flexibility index (Phi) is 24.3. The van der Waals surface area contributed by atoms with Crippen LogP contribution in [-0.2, 0) is 23.0 Å². The summed E-state index contributed by atoms with van der Waals surface area (Å²) < 4.78 is 36.9. The number of hydrogen-bond acceptors (Lipinski definition) is 3. The molecule has 240 valence electrons. The first-order valence-electron chi connectivity index (χ1n) is 18.0. The second kappa shape index (κ2) is 25.8. The van der Waals surface area contributed by atoms with Gasteiger partial charge < -0.3 is 4.55 Å². The summed E-state index contributed by atoms with van der Waals surface area (Å²) in [5.74, 6) is 0. The van der Waals surface area contributed by atoms with Crippen molar-refractivity contribution in [1.82, 2.24) is 0 Å². The molecule has 0 fully saturated rings. The fourth-order valence-corrected chi connectivity index (χ4v) is 7.32. The van der Waals surface area contributed by atoms with E-state index in [9.17, 15) is 13.0 Å². The van der Waals surface area contributed by atoms with E-state index < -0.39 is 10.1 Å². The van der Waals surface area contributed by atoms with Crippen LogP contribution in [0.2, 0.25) is 0 Å². The van der Waals surface area contributed by atoms with Crippen LogP contribution in [0.25, 0.3) is 10.8 Å². The Morgan fingerprint density at radius 3 is 1.33 bits per heavy atom. The van der Waals surface area contributed by atoms with Gasteiger partial charge in [0.2, 0.25) is 0 Å². The van der Waals surface area contributed by atoms with E-state index in [2.05, 4.69) is 19.9 Å². The first-order valence-corrected chi connectivity index (χ1v) is 19.4. The van der Waals surface area contributed by atoms with Crippen molar-refractivity contribution in [2.75, 3.05) is 0 Å². The van der Waals surface area contributed by atoms with Gasteiger partial charge >= 0.3 is 29.6 Å². The summed E-state index contributed by atoms with van der Waals surface area (Å²) in [6.07, 6.45) is 33.0. The zero-order valence-electron chi connectivity index (χ0n) is 28.4. The van der Waals surface area contributed by atoms with Crippen LogP contribution in [0.1, 0.15) is 179 Å². The van der Waals surface area contributed by atoms with E-state index in [1.165, 1.54) is 140 Å². The number of fused-ring (bicyclic) bond motifs is 1. The largest absolute Gasteiger partial charge is 1.00 e. The second-order valence-corrected chi connectivity index (χ2v) is 14.2. The van der Waals surface area contributed by atoms with Crippen molar-refractivity contribution in [3.05, 3.63) is 41.5 Å². The molecule has 0 saturated carbocycles. The van der Waals surface area contributed by atoms with Gasteiger partial charge in [0.25, 0.3) is 0 Å². The number of aryl methyl sites for hydroxylation is 2. The molecule has 2 rings (SSSR count). The van der Waals surface area contributed by atoms with Crippen molar-refractivity contribution >= 4 is 20.9 Å². The molecule has 0 amide bonds. The van der Waals surface area contributed by atoms with Crippen molar-refractivity contribution in [1.29, 1.82) is 0 Å². The van der Waals surface area contributed by atoms with Crippen LogP contribution in [0, 0.1) is 0 Å². The van der Waals surface area contributed by atoms with Crippen LogP contribution in [0.5, 0.6) is 0 Å². The van der Waals surface area contributed by atoms with E-state index in [4.69, 9.17) is 0 Å². The van der Waals surface area contributed by atoms with Gasteiger partial charge in [-0.1, -0.05) is 185 Å². The van der Waals surface area contributed by atoms with Crippen LogP contribution in [0.15, 0.2) is 35.2 Å². The van der Waals surface area contributed by atoms with Crippen molar-refractivity contribution < 1.29 is 42.5 Å². The molecule has 0 bridgehead atoms. The molecule has 0 aliphatic carbocycles. The molecule has 0 radical (unpaired) electrons. The Labute approximate surface area is 288 Å². The Hall–Kier alpha value is -0.390. The Morgan fingerprint density at radius 2 is 0.907 bits per heavy atom. The normalized spacial score (nSPS) is 11.7. The Balaban J connectivity index is 0.00000924. The minimum absolute atomic E-state index is 0. The third-order valence-corrected chi connectivity index (χ3v) is 9.97. The first kappa shape index (κ1) is 40.6. The predicted octanol–water partition coefficient (Wildman–Crippen LogP) is 9.24. The van der Waals surface area contributed by atoms with Crippen LogP contribution >= 0.6 is 0 Å². The predicted molar refractivity (Wildman–Crippen MR) is 181 cm³/mol. The summed E-state index contributed by atoms with van der Waals surface area (Å²) in [5.41, 5.74) is 1.93. The van der Waals surface area contributed by atoms with E-state index in [0.717, 1.165) is 31.1 Å². The third kappa shape index (κ3) is 18.4. The molecule has 0 unspecified atom stereocenters. The SMILES string of the molecule is CCCCCCCCCCCCCCc1ccc2c(S(=O)(=O)[O-])c(CCCCCCCCCCCCCC)ccc2c1.[Na+]. The van der Waals surface area contributed by atoms with Gasteiger partial charge in [0.15, 0.2) is 0 Å². The number of rotatable bonds is 27. The van der Waals surface area contributed by atoms with Gasteiger partial charge in [0.1, 0.15) is 10.1 Å². The molecule has 43 heavy (non-hydrogen) atoms. The summed E-state index contributed by atoms with van der Waals surface area (Å²) >= 11 is 0. The smallest absolute Gasteiger partial charge is 0.744 e. The molecule has 0 aromatic heterocycles. The summed E-state index contributed by atoms with van der Waals surface area (Å²) in [6, 6.07) is 9.91. The van der Waals surface area contributed by atoms with Crippen molar-refractivity contribution in [2.45, 2.75) is 186 Å². The van der Waals surface area contributed by atoms with E-state index in [-0.39, 0.29) is 34.5 Å².